The zero-order chi connectivity index (χ0) is 13.0. The molecule has 1 unspecified atom stereocenters. The second-order valence-electron chi connectivity index (χ2n) is 4.47. The van der Waals surface area contributed by atoms with E-state index in [1.54, 1.807) is 12.1 Å². The Morgan fingerprint density at radius 3 is 2.33 bits per heavy atom. The van der Waals surface area contributed by atoms with Crippen molar-refractivity contribution in [3.8, 4) is 0 Å². The quantitative estimate of drug-likeness (QED) is 0.673. The van der Waals surface area contributed by atoms with Crippen molar-refractivity contribution in [1.29, 1.82) is 0 Å². The van der Waals surface area contributed by atoms with Crippen LogP contribution in [-0.2, 0) is 11.0 Å². The first kappa shape index (κ1) is 13.2. The number of non-ortho nitro benzene ring substituents is 1. The molecule has 1 N–H and O–H groups in total. The largest absolute Gasteiger partial charge is 0.269 e. The molecule has 1 atom stereocenters. The molecule has 0 saturated heterocycles. The molecule has 1 fully saturated rings. The molecule has 0 aromatic heterocycles. The van der Waals surface area contributed by atoms with Crippen LogP contribution in [0.15, 0.2) is 29.2 Å². The zero-order valence-corrected chi connectivity index (χ0v) is 10.8. The fraction of sp³-hybridized carbons (Fsp3) is 0.500. The second kappa shape index (κ2) is 6.06. The van der Waals surface area contributed by atoms with Crippen LogP contribution in [-0.4, -0.2) is 15.2 Å². The van der Waals surface area contributed by atoms with Crippen molar-refractivity contribution >= 4 is 16.7 Å². The van der Waals surface area contributed by atoms with E-state index in [4.69, 9.17) is 0 Å². The Morgan fingerprint density at radius 1 is 1.17 bits per heavy atom. The van der Waals surface area contributed by atoms with Crippen LogP contribution < -0.4 is 4.72 Å². The molecule has 18 heavy (non-hydrogen) atoms. The monoisotopic (exact) mass is 268 g/mol. The average Bonchev–Trinajstić information content (AvgIpc) is 2.40. The van der Waals surface area contributed by atoms with Gasteiger partial charge in [0.15, 0.2) is 0 Å². The van der Waals surface area contributed by atoms with Crippen LogP contribution in [0.3, 0.4) is 0 Å². The van der Waals surface area contributed by atoms with Gasteiger partial charge in [-0.15, -0.1) is 0 Å². The summed E-state index contributed by atoms with van der Waals surface area (Å²) in [4.78, 5) is 10.6. The molecule has 1 aromatic carbocycles. The molecule has 1 aromatic rings. The first-order valence-corrected chi connectivity index (χ1v) is 7.24. The van der Waals surface area contributed by atoms with Gasteiger partial charge in [0.1, 0.15) is 11.0 Å². The van der Waals surface area contributed by atoms with E-state index in [2.05, 4.69) is 4.72 Å². The highest BCUT2D eigenvalue weighted by Gasteiger charge is 2.16. The second-order valence-corrected chi connectivity index (χ2v) is 5.72. The van der Waals surface area contributed by atoms with Crippen LogP contribution in [0, 0.1) is 10.1 Å². The minimum Gasteiger partial charge on any atom is -0.258 e. The standard InChI is InChI=1S/C12H16N2O3S/c15-14(16)11-6-8-12(9-7-11)18(17)13-10-4-2-1-3-5-10/h6-10,13H,1-5H2. The molecule has 1 aliphatic rings. The first-order chi connectivity index (χ1) is 8.66. The lowest BCUT2D eigenvalue weighted by atomic mass is 9.96. The van der Waals surface area contributed by atoms with Crippen LogP contribution in [0.25, 0.3) is 0 Å². The number of hydrogen-bond donors (Lipinski definition) is 1. The molecule has 98 valence electrons. The molecule has 0 heterocycles. The molecular formula is C12H16N2O3S. The van der Waals surface area contributed by atoms with Gasteiger partial charge in [0.05, 0.1) is 9.82 Å². The van der Waals surface area contributed by atoms with E-state index in [1.165, 1.54) is 31.4 Å². The maximum atomic E-state index is 12.0. The van der Waals surface area contributed by atoms with Crippen LogP contribution in [0.5, 0.6) is 0 Å². The lowest BCUT2D eigenvalue weighted by Gasteiger charge is -2.22. The summed E-state index contributed by atoms with van der Waals surface area (Å²) in [6.45, 7) is 0. The Hall–Kier alpha value is -1.27. The van der Waals surface area contributed by atoms with E-state index in [-0.39, 0.29) is 5.69 Å². The Kier molecular flexibility index (Phi) is 4.43. The van der Waals surface area contributed by atoms with E-state index in [1.807, 2.05) is 0 Å². The highest BCUT2D eigenvalue weighted by atomic mass is 32.2. The third-order valence-electron chi connectivity index (χ3n) is 3.14. The van der Waals surface area contributed by atoms with Crippen LogP contribution in [0.2, 0.25) is 0 Å². The zero-order valence-electron chi connectivity index (χ0n) is 10.0. The van der Waals surface area contributed by atoms with Crippen molar-refractivity contribution in [2.75, 3.05) is 0 Å². The maximum Gasteiger partial charge on any atom is 0.269 e. The molecule has 1 aliphatic carbocycles. The Bertz CT molecular complexity index is 441. The molecule has 0 spiro atoms. The Balaban J connectivity index is 1.97. The molecular weight excluding hydrogens is 252 g/mol. The number of nitro groups is 1. The predicted octanol–water partition coefficient (Wildman–Crippen LogP) is 2.54. The van der Waals surface area contributed by atoms with Gasteiger partial charge in [-0.1, -0.05) is 19.3 Å². The number of nitrogens with zero attached hydrogens (tertiary/aromatic N) is 1. The first-order valence-electron chi connectivity index (χ1n) is 6.09. The van der Waals surface area contributed by atoms with E-state index >= 15 is 0 Å². The molecule has 6 heteroatoms. The topological polar surface area (TPSA) is 72.2 Å². The van der Waals surface area contributed by atoms with Crippen molar-refractivity contribution in [2.24, 2.45) is 0 Å². The lowest BCUT2D eigenvalue weighted by molar-refractivity contribution is -0.384. The SMILES string of the molecule is O=[N+]([O-])c1ccc(S(=O)NC2CCCCC2)cc1. The summed E-state index contributed by atoms with van der Waals surface area (Å²) in [6, 6.07) is 6.16. The number of benzene rings is 1. The van der Waals surface area contributed by atoms with Gasteiger partial charge >= 0.3 is 0 Å². The smallest absolute Gasteiger partial charge is 0.258 e. The molecule has 5 nitrogen and oxygen atoms in total. The number of nitrogens with one attached hydrogen (secondary N) is 1. The van der Waals surface area contributed by atoms with E-state index in [9.17, 15) is 14.3 Å². The molecule has 1 saturated carbocycles. The maximum absolute atomic E-state index is 12.0. The summed E-state index contributed by atoms with van der Waals surface area (Å²) >= 11 is 0. The fourth-order valence-corrected chi connectivity index (χ4v) is 3.19. The molecule has 0 aliphatic heterocycles. The number of nitro benzene ring substituents is 1. The van der Waals surface area contributed by atoms with Crippen molar-refractivity contribution < 1.29 is 9.13 Å². The minimum atomic E-state index is -1.28. The Labute approximate surface area is 108 Å². The van der Waals surface area contributed by atoms with Crippen molar-refractivity contribution in [3.63, 3.8) is 0 Å². The highest BCUT2D eigenvalue weighted by Crippen LogP contribution is 2.19. The third kappa shape index (κ3) is 3.36. The molecule has 2 rings (SSSR count). The fourth-order valence-electron chi connectivity index (χ4n) is 2.13. The van der Waals surface area contributed by atoms with Gasteiger partial charge in [0.2, 0.25) is 0 Å². The number of hydrogen-bond acceptors (Lipinski definition) is 3. The summed E-state index contributed by atoms with van der Waals surface area (Å²) in [5, 5.41) is 10.5. The summed E-state index contributed by atoms with van der Waals surface area (Å²) in [5.74, 6) is 0. The van der Waals surface area contributed by atoms with E-state index in [0.717, 1.165) is 12.8 Å². The van der Waals surface area contributed by atoms with Gasteiger partial charge in [-0.25, -0.2) is 8.93 Å². The van der Waals surface area contributed by atoms with Crippen molar-refractivity contribution in [2.45, 2.75) is 43.0 Å². The van der Waals surface area contributed by atoms with Crippen molar-refractivity contribution in [1.82, 2.24) is 4.72 Å². The normalized spacial score (nSPS) is 18.4. The summed E-state index contributed by atoms with van der Waals surface area (Å²) < 4.78 is 15.1. The highest BCUT2D eigenvalue weighted by molar-refractivity contribution is 7.83. The van der Waals surface area contributed by atoms with E-state index < -0.39 is 15.9 Å². The summed E-state index contributed by atoms with van der Waals surface area (Å²) in [5.41, 5.74) is 0.0217. The van der Waals surface area contributed by atoms with Gasteiger partial charge in [-0.3, -0.25) is 10.1 Å². The van der Waals surface area contributed by atoms with Gasteiger partial charge in [-0.05, 0) is 25.0 Å². The number of rotatable bonds is 4. The van der Waals surface area contributed by atoms with Gasteiger partial charge in [-0.2, -0.15) is 0 Å². The molecule has 0 radical (unpaired) electrons. The third-order valence-corrected chi connectivity index (χ3v) is 4.39. The van der Waals surface area contributed by atoms with Gasteiger partial charge < -0.3 is 0 Å². The Morgan fingerprint density at radius 2 is 1.78 bits per heavy atom. The van der Waals surface area contributed by atoms with Gasteiger partial charge in [0, 0.05) is 18.2 Å². The van der Waals surface area contributed by atoms with Gasteiger partial charge in [0.25, 0.3) is 5.69 Å². The van der Waals surface area contributed by atoms with Crippen LogP contribution >= 0.6 is 0 Å². The van der Waals surface area contributed by atoms with E-state index in [0.29, 0.717) is 10.9 Å². The molecule has 0 amide bonds. The summed E-state index contributed by atoms with van der Waals surface area (Å²) in [6.07, 6.45) is 5.71. The summed E-state index contributed by atoms with van der Waals surface area (Å²) in [7, 11) is -1.28. The van der Waals surface area contributed by atoms with Crippen LogP contribution in [0.4, 0.5) is 5.69 Å². The average molecular weight is 268 g/mol. The van der Waals surface area contributed by atoms with Crippen molar-refractivity contribution in [3.05, 3.63) is 34.4 Å². The minimum absolute atomic E-state index is 0.0217. The predicted molar refractivity (Wildman–Crippen MR) is 69.5 cm³/mol. The van der Waals surface area contributed by atoms with Crippen LogP contribution in [0.1, 0.15) is 32.1 Å². The molecule has 0 bridgehead atoms. The lowest BCUT2D eigenvalue weighted by Crippen LogP contribution is -2.32.